The summed E-state index contributed by atoms with van der Waals surface area (Å²) in [5.41, 5.74) is 28.2. The van der Waals surface area contributed by atoms with Crippen LogP contribution >= 0.6 is 58.1 Å². The lowest BCUT2D eigenvalue weighted by Crippen LogP contribution is -2.32. The van der Waals surface area contributed by atoms with Crippen molar-refractivity contribution in [3.8, 4) is 73.2 Å². The van der Waals surface area contributed by atoms with Crippen LogP contribution < -0.4 is 19.3 Å². The van der Waals surface area contributed by atoms with E-state index in [4.69, 9.17) is 37.1 Å². The third-order valence-corrected chi connectivity index (χ3v) is 29.3. The smallest absolute Gasteiger partial charge is 0.178 e. The van der Waals surface area contributed by atoms with Crippen molar-refractivity contribution >= 4 is 145 Å². The number of aromatic nitrogens is 1. The molecule has 0 saturated carbocycles. The van der Waals surface area contributed by atoms with Crippen molar-refractivity contribution < 1.29 is 13.9 Å². The predicted octanol–water partition coefficient (Wildman–Crippen LogP) is 32.7. The highest BCUT2D eigenvalue weighted by molar-refractivity contribution is 7.99. The van der Waals surface area contributed by atoms with Crippen LogP contribution in [-0.4, -0.2) is 4.57 Å². The number of fused-ring (bicyclic) bond motifs is 27. The molecule has 5 aliphatic rings. The van der Waals surface area contributed by atoms with E-state index in [1.165, 1.54) is 118 Å². The number of ether oxygens (including phenoxy) is 2. The first kappa shape index (κ1) is 71.9. The van der Waals surface area contributed by atoms with Crippen LogP contribution in [0.1, 0.15) is 44.5 Å². The van der Waals surface area contributed by atoms with Gasteiger partial charge in [0.15, 0.2) is 23.0 Å². The van der Waals surface area contributed by atoms with Crippen molar-refractivity contribution in [2.24, 2.45) is 0 Å². The Morgan fingerprint density at radius 1 is 0.309 bits per heavy atom. The topological polar surface area (TPSA) is 43.0 Å². The summed E-state index contributed by atoms with van der Waals surface area (Å²) >= 11 is 19.5. The molecule has 0 bridgehead atoms. The fourth-order valence-corrected chi connectivity index (χ4v) is 24.2. The maximum absolute atomic E-state index is 7.03. The number of anilines is 6. The third-order valence-electron chi connectivity index (χ3n) is 25.4. The van der Waals surface area contributed by atoms with Gasteiger partial charge in [-0.05, 0) is 242 Å². The summed E-state index contributed by atoms with van der Waals surface area (Å²) in [6.45, 7) is 0. The second-order valence-electron chi connectivity index (χ2n) is 31.9. The van der Waals surface area contributed by atoms with Gasteiger partial charge in [-0.1, -0.05) is 283 Å². The van der Waals surface area contributed by atoms with E-state index in [1.807, 2.05) is 95.5 Å². The van der Waals surface area contributed by atoms with Crippen LogP contribution in [0.2, 0.25) is 10.0 Å². The molecule has 580 valence electrons. The van der Waals surface area contributed by atoms with Crippen molar-refractivity contribution in [3.05, 3.63) is 461 Å². The molecule has 11 heteroatoms. The first-order chi connectivity index (χ1) is 60.8. The van der Waals surface area contributed by atoms with E-state index in [2.05, 4.69) is 360 Å². The quantitative estimate of drug-likeness (QED) is 0.143. The van der Waals surface area contributed by atoms with Crippen molar-refractivity contribution in [1.29, 1.82) is 0 Å². The lowest BCUT2D eigenvalue weighted by molar-refractivity contribution is 0.361. The van der Waals surface area contributed by atoms with Gasteiger partial charge in [0.25, 0.3) is 0 Å². The van der Waals surface area contributed by atoms with Gasteiger partial charge in [-0.25, -0.2) is 0 Å². The molecule has 0 saturated heterocycles. The van der Waals surface area contributed by atoms with Gasteiger partial charge < -0.3 is 28.3 Å². The van der Waals surface area contributed by atoms with Gasteiger partial charge in [-0.15, -0.1) is 11.3 Å². The molecule has 0 unspecified atom stereocenters. The van der Waals surface area contributed by atoms with Gasteiger partial charge in [0, 0.05) is 117 Å². The zero-order valence-corrected chi connectivity index (χ0v) is 69.7. The number of hydrogen-bond donors (Lipinski definition) is 0. The predicted molar refractivity (Wildman–Crippen MR) is 510 cm³/mol. The molecule has 0 fully saturated rings. The van der Waals surface area contributed by atoms with Crippen molar-refractivity contribution in [3.63, 3.8) is 0 Å². The SMILES string of the molecule is Clc1ccc2c(c1)C1(c3cc(N(c4cc(-c5cccc6c5Oc5ccccc5O6)c5oc6ccccc6c5c4)c4ccc5ccn(-c6ccccc6)c5c4)ccc3S2)c2ccccc2-c2ccccc21.Clc1ccc2c(c1)C1(c3cc(N(c4ccccc4)c4ccc(-c5ccccc5)c5sc6ccccc6c45)ccc3S2)c2ccccc2-c2ccccc21. The highest BCUT2D eigenvalue weighted by Gasteiger charge is 2.53. The van der Waals surface area contributed by atoms with E-state index in [9.17, 15) is 0 Å². The fraction of sp³-hybridized carbons (Fsp3) is 0.0179. The monoisotopic (exact) mass is 1670 g/mol. The van der Waals surface area contributed by atoms with Gasteiger partial charge in [0.05, 0.1) is 22.0 Å². The highest BCUT2D eigenvalue weighted by atomic mass is 35.5. The first-order valence-corrected chi connectivity index (χ1v) is 44.5. The maximum Gasteiger partial charge on any atom is 0.178 e. The number of halogens is 2. The van der Waals surface area contributed by atoms with Gasteiger partial charge in [0.2, 0.25) is 0 Å². The van der Waals surface area contributed by atoms with Crippen LogP contribution in [0.25, 0.3) is 103 Å². The second-order valence-corrected chi connectivity index (χ2v) is 35.9. The Morgan fingerprint density at radius 3 is 1.44 bits per heavy atom. The molecule has 0 radical (unpaired) electrons. The third kappa shape index (κ3) is 11.0. The van der Waals surface area contributed by atoms with Crippen molar-refractivity contribution in [1.82, 2.24) is 4.57 Å². The van der Waals surface area contributed by atoms with E-state index in [1.54, 1.807) is 0 Å². The average Bonchev–Trinajstić information content (AvgIpc) is 1.54. The number of thiophene rings is 1. The Hall–Kier alpha value is -14.0. The molecule has 2 spiro atoms. The normalized spacial score (nSPS) is 13.5. The summed E-state index contributed by atoms with van der Waals surface area (Å²) < 4.78 is 25.0. The first-order valence-electron chi connectivity index (χ1n) is 41.3. The minimum Gasteiger partial charge on any atom is -0.455 e. The van der Waals surface area contributed by atoms with Crippen LogP contribution in [-0.2, 0) is 10.8 Å². The van der Waals surface area contributed by atoms with Gasteiger partial charge in [0.1, 0.15) is 11.2 Å². The molecular formula is C112H67Cl2N3O3S3. The summed E-state index contributed by atoms with van der Waals surface area (Å²) in [6.07, 6.45) is 2.16. The molecule has 0 amide bonds. The summed E-state index contributed by atoms with van der Waals surface area (Å²) in [5, 5.41) is 7.16. The molecule has 26 rings (SSSR count). The van der Waals surface area contributed by atoms with Crippen molar-refractivity contribution in [2.75, 3.05) is 9.80 Å². The van der Waals surface area contributed by atoms with Gasteiger partial charge >= 0.3 is 0 Å². The molecule has 21 aromatic rings. The highest BCUT2D eigenvalue weighted by Crippen LogP contribution is 2.66. The molecule has 0 N–H and O–H groups in total. The molecule has 6 heterocycles. The Morgan fingerprint density at radius 2 is 0.805 bits per heavy atom. The number of furan rings is 1. The Labute approximate surface area is 732 Å². The molecule has 18 aromatic carbocycles. The largest absolute Gasteiger partial charge is 0.455 e. The van der Waals surface area contributed by atoms with Gasteiger partial charge in [-0.3, -0.25) is 0 Å². The minimum absolute atomic E-state index is 0.534. The van der Waals surface area contributed by atoms with Crippen LogP contribution in [0.15, 0.2) is 431 Å². The van der Waals surface area contributed by atoms with Crippen LogP contribution in [0.5, 0.6) is 23.0 Å². The van der Waals surface area contributed by atoms with E-state index in [-0.39, 0.29) is 0 Å². The standard InChI is InChI=1S/C63H37ClN2O3S.C49H30ClNS2/c64-39-26-29-59-52(33-39)63(50-19-7-4-15-44(50)45-16-5-8-20-51(45)63)53-36-41(28-30-60(53)70-59)66(42-27-25-38-31-32-65(54(38)37-42)40-13-2-1-3-14-40)43-34-48-46-17-6-9-21-55(46)68-61(48)49(35-43)47-18-12-24-58-62(47)69-57-23-11-10-22-56(57)67-58;50-32-23-27-45-41(29-32)49(39-20-10-7-17-36(39)37-18-8-11-21-40(37)49)42-30-34(24-28-46(42)52-45)51(33-15-5-2-6-16-33)43-26-25-35(31-13-3-1-4-14-31)48-47(43)38-19-9-12-22-44(38)53-48/h1-37H;1-30H. The zero-order valence-electron chi connectivity index (χ0n) is 65.7. The fourth-order valence-electron chi connectivity index (χ4n) is 20.3. The van der Waals surface area contributed by atoms with Crippen LogP contribution in [0.3, 0.4) is 0 Å². The van der Waals surface area contributed by atoms with E-state index in [0.29, 0.717) is 28.0 Å². The molecule has 0 atom stereocenters. The Balaban J connectivity index is 0.000000140. The summed E-state index contributed by atoms with van der Waals surface area (Å²) in [4.78, 5) is 9.77. The summed E-state index contributed by atoms with van der Waals surface area (Å²) in [5.74, 6) is 2.62. The lowest BCUT2D eigenvalue weighted by atomic mass is 9.67. The number of nitrogens with zero attached hydrogens (tertiary/aromatic N) is 3. The summed E-state index contributed by atoms with van der Waals surface area (Å²) in [7, 11) is 0. The number of rotatable bonds is 9. The molecule has 2 aliphatic carbocycles. The van der Waals surface area contributed by atoms with E-state index in [0.717, 1.165) is 88.8 Å². The van der Waals surface area contributed by atoms with Gasteiger partial charge in [-0.2, -0.15) is 0 Å². The number of para-hydroxylation sites is 6. The molecule has 3 aliphatic heterocycles. The summed E-state index contributed by atoms with van der Waals surface area (Å²) in [6, 6.07) is 144. The molecule has 123 heavy (non-hydrogen) atoms. The number of hydrogen-bond acceptors (Lipinski definition) is 8. The van der Waals surface area contributed by atoms with Crippen LogP contribution in [0, 0.1) is 0 Å². The maximum atomic E-state index is 7.03. The van der Waals surface area contributed by atoms with E-state index >= 15 is 0 Å². The average molecular weight is 1670 g/mol. The van der Waals surface area contributed by atoms with E-state index < -0.39 is 10.8 Å². The zero-order chi connectivity index (χ0) is 81.2. The molecule has 3 aromatic heterocycles. The van der Waals surface area contributed by atoms with Crippen LogP contribution in [0.4, 0.5) is 34.1 Å². The second kappa shape index (κ2) is 28.3. The molecular weight excluding hydrogens is 1600 g/mol. The Bertz CT molecular complexity index is 7880. The Kier molecular flexibility index (Phi) is 16.5. The lowest BCUT2D eigenvalue weighted by Gasteiger charge is -2.40. The molecule has 6 nitrogen and oxygen atoms in total. The minimum atomic E-state index is -0.645. The number of benzene rings is 18. The van der Waals surface area contributed by atoms with Crippen molar-refractivity contribution in [2.45, 2.75) is 30.4 Å².